The SMILES string of the molecule is C[Si](C)(C)N1CCCN([Si](C)(C)C)C1. The van der Waals surface area contributed by atoms with E-state index in [1.54, 1.807) is 0 Å². The van der Waals surface area contributed by atoms with Gasteiger partial charge in [-0.15, -0.1) is 0 Å². The minimum Gasteiger partial charge on any atom is -0.312 e. The Morgan fingerprint density at radius 3 is 1.36 bits per heavy atom. The van der Waals surface area contributed by atoms with Crippen molar-refractivity contribution in [1.82, 2.24) is 9.13 Å². The van der Waals surface area contributed by atoms with E-state index in [1.807, 2.05) is 0 Å². The van der Waals surface area contributed by atoms with Gasteiger partial charge in [0.2, 0.25) is 0 Å². The van der Waals surface area contributed by atoms with Crippen molar-refractivity contribution in [2.45, 2.75) is 45.7 Å². The molecule has 0 saturated carbocycles. The van der Waals surface area contributed by atoms with Crippen molar-refractivity contribution < 1.29 is 0 Å². The van der Waals surface area contributed by atoms with Gasteiger partial charge in [0.15, 0.2) is 0 Å². The highest BCUT2D eigenvalue weighted by molar-refractivity contribution is 6.74. The van der Waals surface area contributed by atoms with E-state index < -0.39 is 16.5 Å². The third-order valence-electron chi connectivity index (χ3n) is 3.09. The number of hydrogen-bond donors (Lipinski definition) is 0. The molecule has 1 aliphatic rings. The Hall–Kier alpha value is 0.354. The molecule has 0 aromatic carbocycles. The van der Waals surface area contributed by atoms with Crippen LogP contribution in [0.3, 0.4) is 0 Å². The third kappa shape index (κ3) is 3.19. The molecule has 0 aromatic heterocycles. The second-order valence-corrected chi connectivity index (χ2v) is 16.3. The van der Waals surface area contributed by atoms with Crippen molar-refractivity contribution in [1.29, 1.82) is 0 Å². The van der Waals surface area contributed by atoms with E-state index in [0.29, 0.717) is 0 Å². The van der Waals surface area contributed by atoms with Gasteiger partial charge in [-0.05, 0) is 19.5 Å². The molecule has 0 unspecified atom stereocenters. The standard InChI is InChI=1S/C10H26N2Si2/c1-13(2,3)11-8-7-9-12(10-11)14(4,5)6/h7-10H2,1-6H3. The van der Waals surface area contributed by atoms with Gasteiger partial charge in [0.05, 0.1) is 0 Å². The van der Waals surface area contributed by atoms with Crippen LogP contribution in [-0.4, -0.2) is 45.4 Å². The quantitative estimate of drug-likeness (QED) is 0.673. The van der Waals surface area contributed by atoms with Crippen LogP contribution in [-0.2, 0) is 0 Å². The van der Waals surface area contributed by atoms with Crippen LogP contribution in [0.4, 0.5) is 0 Å². The molecular formula is C10H26N2Si2. The van der Waals surface area contributed by atoms with Gasteiger partial charge in [-0.1, -0.05) is 39.3 Å². The summed E-state index contributed by atoms with van der Waals surface area (Å²) in [7, 11) is -2.13. The predicted octanol–water partition coefficient (Wildman–Crippen LogP) is 2.62. The summed E-state index contributed by atoms with van der Waals surface area (Å²) in [4.78, 5) is 0. The van der Waals surface area contributed by atoms with Crippen LogP contribution in [0.25, 0.3) is 0 Å². The van der Waals surface area contributed by atoms with Gasteiger partial charge in [0.25, 0.3) is 0 Å². The summed E-state index contributed by atoms with van der Waals surface area (Å²) in [5.41, 5.74) is 0. The summed E-state index contributed by atoms with van der Waals surface area (Å²) in [6.07, 6.45) is 1.37. The van der Waals surface area contributed by atoms with Crippen LogP contribution in [0.15, 0.2) is 0 Å². The highest BCUT2D eigenvalue weighted by atomic mass is 28.3. The summed E-state index contributed by atoms with van der Waals surface area (Å²) in [6, 6.07) is 0. The second kappa shape index (κ2) is 4.08. The maximum absolute atomic E-state index is 2.74. The van der Waals surface area contributed by atoms with E-state index >= 15 is 0 Å². The Kier molecular flexibility index (Phi) is 3.62. The molecule has 0 N–H and O–H groups in total. The average molecular weight is 231 g/mol. The van der Waals surface area contributed by atoms with Crippen molar-refractivity contribution in [3.05, 3.63) is 0 Å². The van der Waals surface area contributed by atoms with Crippen LogP contribution >= 0.6 is 0 Å². The molecule has 1 heterocycles. The van der Waals surface area contributed by atoms with E-state index in [1.165, 1.54) is 26.2 Å². The molecule has 1 rings (SSSR count). The topological polar surface area (TPSA) is 6.48 Å². The van der Waals surface area contributed by atoms with E-state index in [-0.39, 0.29) is 0 Å². The molecule has 0 spiro atoms. The lowest BCUT2D eigenvalue weighted by Crippen LogP contribution is -2.61. The highest BCUT2D eigenvalue weighted by Gasteiger charge is 2.33. The van der Waals surface area contributed by atoms with Gasteiger partial charge in [-0.25, -0.2) is 0 Å². The van der Waals surface area contributed by atoms with Gasteiger partial charge >= 0.3 is 0 Å². The monoisotopic (exact) mass is 230 g/mol. The fourth-order valence-corrected chi connectivity index (χ4v) is 4.88. The van der Waals surface area contributed by atoms with Crippen LogP contribution in [0.5, 0.6) is 0 Å². The highest BCUT2D eigenvalue weighted by Crippen LogP contribution is 2.20. The van der Waals surface area contributed by atoms with E-state index in [9.17, 15) is 0 Å². The Labute approximate surface area is 91.5 Å². The first kappa shape index (κ1) is 12.4. The molecule has 1 fully saturated rings. The molecule has 0 aliphatic carbocycles. The first-order valence-electron chi connectivity index (χ1n) is 5.71. The minimum absolute atomic E-state index is 1.06. The van der Waals surface area contributed by atoms with E-state index in [4.69, 9.17) is 0 Å². The van der Waals surface area contributed by atoms with Crippen LogP contribution in [0.2, 0.25) is 39.3 Å². The fraction of sp³-hybridized carbons (Fsp3) is 1.00. The van der Waals surface area contributed by atoms with Crippen molar-refractivity contribution in [3.63, 3.8) is 0 Å². The summed E-state index contributed by atoms with van der Waals surface area (Å²) >= 11 is 0. The van der Waals surface area contributed by atoms with Crippen molar-refractivity contribution in [2.24, 2.45) is 0 Å². The normalized spacial score (nSPS) is 22.7. The summed E-state index contributed by atoms with van der Waals surface area (Å²) in [5, 5.41) is 0. The number of nitrogens with zero attached hydrogens (tertiary/aromatic N) is 2. The van der Waals surface area contributed by atoms with Crippen LogP contribution in [0, 0.1) is 0 Å². The Bertz CT molecular complexity index is 173. The maximum atomic E-state index is 2.74. The zero-order valence-corrected chi connectivity index (χ0v) is 12.7. The van der Waals surface area contributed by atoms with E-state index in [2.05, 4.69) is 48.4 Å². The molecule has 0 atom stereocenters. The van der Waals surface area contributed by atoms with Crippen LogP contribution in [0.1, 0.15) is 6.42 Å². The van der Waals surface area contributed by atoms with Crippen molar-refractivity contribution >= 4 is 16.5 Å². The van der Waals surface area contributed by atoms with Gasteiger partial charge in [-0.2, -0.15) is 0 Å². The lowest BCUT2D eigenvalue weighted by molar-refractivity contribution is 0.218. The largest absolute Gasteiger partial charge is 0.312 e. The molecule has 2 nitrogen and oxygen atoms in total. The van der Waals surface area contributed by atoms with Crippen LogP contribution < -0.4 is 0 Å². The Morgan fingerprint density at radius 2 is 1.07 bits per heavy atom. The first-order chi connectivity index (χ1) is 6.21. The zero-order valence-electron chi connectivity index (χ0n) is 10.7. The predicted molar refractivity (Wildman–Crippen MR) is 69.6 cm³/mol. The number of hydrogen-bond acceptors (Lipinski definition) is 2. The Morgan fingerprint density at radius 1 is 0.714 bits per heavy atom. The molecule has 1 saturated heterocycles. The van der Waals surface area contributed by atoms with Gasteiger partial charge in [0.1, 0.15) is 16.5 Å². The van der Waals surface area contributed by atoms with Crippen molar-refractivity contribution in [2.75, 3.05) is 19.8 Å². The van der Waals surface area contributed by atoms with Crippen molar-refractivity contribution in [3.8, 4) is 0 Å². The smallest absolute Gasteiger partial charge is 0.120 e. The lowest BCUT2D eigenvalue weighted by Gasteiger charge is -2.46. The molecule has 1 aliphatic heterocycles. The molecule has 0 bridgehead atoms. The van der Waals surface area contributed by atoms with Gasteiger partial charge < -0.3 is 9.13 Å². The summed E-state index contributed by atoms with van der Waals surface area (Å²) in [5.74, 6) is 0. The molecule has 0 amide bonds. The third-order valence-corrected chi connectivity index (χ3v) is 7.62. The second-order valence-electron chi connectivity index (χ2n) is 6.36. The summed E-state index contributed by atoms with van der Waals surface area (Å²) < 4.78 is 5.49. The molecule has 84 valence electrons. The van der Waals surface area contributed by atoms with E-state index in [0.717, 1.165) is 0 Å². The van der Waals surface area contributed by atoms with Gasteiger partial charge in [0, 0.05) is 6.67 Å². The maximum Gasteiger partial charge on any atom is 0.120 e. The molecule has 0 aromatic rings. The number of rotatable bonds is 2. The first-order valence-corrected chi connectivity index (χ1v) is 12.6. The van der Waals surface area contributed by atoms with Gasteiger partial charge in [-0.3, -0.25) is 0 Å². The molecular weight excluding hydrogens is 204 g/mol. The zero-order chi connectivity index (χ0) is 11.0. The molecule has 14 heavy (non-hydrogen) atoms. The lowest BCUT2D eigenvalue weighted by atomic mass is 10.4. The minimum atomic E-state index is -1.06. The molecule has 4 heteroatoms. The average Bonchev–Trinajstić information content (AvgIpc) is 2.01. The summed E-state index contributed by atoms with van der Waals surface area (Å²) in [6.45, 7) is 18.7. The Balaban J connectivity index is 2.61. The fourth-order valence-electron chi connectivity index (χ4n) is 1.90. The molecule has 0 radical (unpaired) electrons.